The number of imidazole rings is 1. The molecule has 22 heavy (non-hydrogen) atoms. The van der Waals surface area contributed by atoms with Crippen LogP contribution in [-0.2, 0) is 17.8 Å². The highest BCUT2D eigenvalue weighted by atomic mass is 16.2. The van der Waals surface area contributed by atoms with Gasteiger partial charge < -0.3 is 14.4 Å². The molecule has 0 N–H and O–H groups in total. The lowest BCUT2D eigenvalue weighted by atomic mass is 10.1. The molecule has 6 nitrogen and oxygen atoms in total. The Morgan fingerprint density at radius 2 is 2.27 bits per heavy atom. The molecular formula is C16H21N5O. The van der Waals surface area contributed by atoms with Crippen molar-refractivity contribution in [3.63, 3.8) is 0 Å². The van der Waals surface area contributed by atoms with E-state index < -0.39 is 0 Å². The van der Waals surface area contributed by atoms with Crippen LogP contribution in [-0.4, -0.2) is 57.4 Å². The highest BCUT2D eigenvalue weighted by Crippen LogP contribution is 2.22. The molecule has 0 saturated heterocycles. The van der Waals surface area contributed by atoms with E-state index in [9.17, 15) is 4.79 Å². The van der Waals surface area contributed by atoms with Crippen LogP contribution in [0.1, 0.15) is 17.4 Å². The summed E-state index contributed by atoms with van der Waals surface area (Å²) in [4.78, 5) is 25.1. The average molecular weight is 299 g/mol. The third-order valence-electron chi connectivity index (χ3n) is 3.91. The van der Waals surface area contributed by atoms with E-state index in [1.165, 1.54) is 0 Å². The van der Waals surface area contributed by atoms with Crippen LogP contribution in [0.2, 0.25) is 0 Å². The number of hydrogen-bond donors (Lipinski definition) is 0. The monoisotopic (exact) mass is 299 g/mol. The number of carbonyl (C=O) groups excluding carboxylic acids is 1. The standard InChI is InChI=1S/C16H21N5O/c1-19(2)9-15-11-20(10-14-8-17-12-21(14)15)16(22)7-13-5-3-4-6-18-13/h3-6,8,12,15H,7,9-11H2,1-2H3. The lowest BCUT2D eigenvalue weighted by molar-refractivity contribution is -0.132. The Bertz CT molecular complexity index is 637. The van der Waals surface area contributed by atoms with Crippen LogP contribution in [0.25, 0.3) is 0 Å². The summed E-state index contributed by atoms with van der Waals surface area (Å²) in [6.45, 7) is 2.22. The van der Waals surface area contributed by atoms with Crippen LogP contribution in [0.5, 0.6) is 0 Å². The Kier molecular flexibility index (Phi) is 4.20. The number of rotatable bonds is 4. The summed E-state index contributed by atoms with van der Waals surface area (Å²) < 4.78 is 2.19. The Morgan fingerprint density at radius 3 is 3.00 bits per heavy atom. The van der Waals surface area contributed by atoms with Gasteiger partial charge in [-0.1, -0.05) is 6.07 Å². The van der Waals surface area contributed by atoms with Crippen molar-refractivity contribution in [1.29, 1.82) is 0 Å². The molecule has 0 aromatic carbocycles. The van der Waals surface area contributed by atoms with Crippen LogP contribution in [0.4, 0.5) is 0 Å². The van der Waals surface area contributed by atoms with Crippen LogP contribution in [0, 0.1) is 0 Å². The van der Waals surface area contributed by atoms with E-state index in [2.05, 4.69) is 19.4 Å². The highest BCUT2D eigenvalue weighted by Gasteiger charge is 2.28. The minimum absolute atomic E-state index is 0.120. The van der Waals surface area contributed by atoms with E-state index in [1.807, 2.05) is 49.7 Å². The van der Waals surface area contributed by atoms with Crippen molar-refractivity contribution in [2.45, 2.75) is 19.0 Å². The summed E-state index contributed by atoms with van der Waals surface area (Å²) in [5.74, 6) is 0.120. The first-order valence-corrected chi connectivity index (χ1v) is 7.46. The van der Waals surface area contributed by atoms with Crippen LogP contribution >= 0.6 is 0 Å². The molecule has 6 heteroatoms. The number of pyridine rings is 1. The summed E-state index contributed by atoms with van der Waals surface area (Å²) >= 11 is 0. The van der Waals surface area contributed by atoms with Gasteiger partial charge in [-0.25, -0.2) is 4.98 Å². The maximum Gasteiger partial charge on any atom is 0.229 e. The summed E-state index contributed by atoms with van der Waals surface area (Å²) in [5, 5.41) is 0. The first-order valence-electron chi connectivity index (χ1n) is 7.46. The van der Waals surface area contributed by atoms with Gasteiger partial charge in [0.1, 0.15) is 0 Å². The zero-order chi connectivity index (χ0) is 15.5. The number of aromatic nitrogens is 3. The number of fused-ring (bicyclic) bond motifs is 1. The molecule has 1 aliphatic rings. The molecular weight excluding hydrogens is 278 g/mol. The minimum Gasteiger partial charge on any atom is -0.334 e. The average Bonchev–Trinajstić information content (AvgIpc) is 2.96. The first kappa shape index (κ1) is 14.7. The maximum absolute atomic E-state index is 12.6. The summed E-state index contributed by atoms with van der Waals surface area (Å²) in [6.07, 6.45) is 5.79. The molecule has 116 valence electrons. The first-order chi connectivity index (χ1) is 10.6. The Balaban J connectivity index is 1.74. The van der Waals surface area contributed by atoms with E-state index in [4.69, 9.17) is 0 Å². The van der Waals surface area contributed by atoms with Gasteiger partial charge in [-0.05, 0) is 26.2 Å². The SMILES string of the molecule is CN(C)CC1CN(C(=O)Cc2ccccn2)Cc2cncn21. The zero-order valence-electron chi connectivity index (χ0n) is 13.0. The molecule has 2 aromatic rings. The van der Waals surface area contributed by atoms with Gasteiger partial charge in [-0.15, -0.1) is 0 Å². The van der Waals surface area contributed by atoms with E-state index in [1.54, 1.807) is 6.20 Å². The van der Waals surface area contributed by atoms with E-state index in [0.29, 0.717) is 19.5 Å². The van der Waals surface area contributed by atoms with Gasteiger partial charge in [-0.3, -0.25) is 9.78 Å². The highest BCUT2D eigenvalue weighted by molar-refractivity contribution is 5.78. The van der Waals surface area contributed by atoms with Gasteiger partial charge in [0.15, 0.2) is 0 Å². The van der Waals surface area contributed by atoms with Gasteiger partial charge >= 0.3 is 0 Å². The number of nitrogens with zero attached hydrogens (tertiary/aromatic N) is 5. The summed E-state index contributed by atoms with van der Waals surface area (Å²) in [7, 11) is 4.09. The lowest BCUT2D eigenvalue weighted by Gasteiger charge is -2.35. The fraction of sp³-hybridized carbons (Fsp3) is 0.438. The molecule has 0 radical (unpaired) electrons. The number of likely N-dealkylation sites (N-methyl/N-ethyl adjacent to an activating group) is 1. The number of amides is 1. The van der Waals surface area contributed by atoms with Gasteiger partial charge in [-0.2, -0.15) is 0 Å². The molecule has 3 heterocycles. The van der Waals surface area contributed by atoms with Gasteiger partial charge in [0.05, 0.1) is 31.0 Å². The quantitative estimate of drug-likeness (QED) is 0.844. The molecule has 1 atom stereocenters. The van der Waals surface area contributed by atoms with Crippen molar-refractivity contribution in [3.8, 4) is 0 Å². The molecule has 3 rings (SSSR count). The molecule has 1 unspecified atom stereocenters. The fourth-order valence-electron chi connectivity index (χ4n) is 2.91. The Hall–Kier alpha value is -2.21. The minimum atomic E-state index is 0.120. The van der Waals surface area contributed by atoms with E-state index in [0.717, 1.165) is 17.9 Å². The second-order valence-electron chi connectivity index (χ2n) is 5.98. The Labute approximate surface area is 130 Å². The third-order valence-corrected chi connectivity index (χ3v) is 3.91. The van der Waals surface area contributed by atoms with Crippen molar-refractivity contribution in [3.05, 3.63) is 48.3 Å². The van der Waals surface area contributed by atoms with E-state index >= 15 is 0 Å². The number of hydrogen-bond acceptors (Lipinski definition) is 4. The van der Waals surface area contributed by atoms with Crippen molar-refractivity contribution in [2.24, 2.45) is 0 Å². The van der Waals surface area contributed by atoms with E-state index in [-0.39, 0.29) is 11.9 Å². The topological polar surface area (TPSA) is 54.3 Å². The zero-order valence-corrected chi connectivity index (χ0v) is 13.0. The van der Waals surface area contributed by atoms with Gasteiger partial charge in [0.25, 0.3) is 0 Å². The van der Waals surface area contributed by atoms with Crippen LogP contribution in [0.15, 0.2) is 36.9 Å². The van der Waals surface area contributed by atoms with Crippen LogP contribution < -0.4 is 0 Å². The summed E-state index contributed by atoms with van der Waals surface area (Å²) in [5.41, 5.74) is 1.91. The molecule has 0 fully saturated rings. The molecule has 0 bridgehead atoms. The van der Waals surface area contributed by atoms with Crippen LogP contribution in [0.3, 0.4) is 0 Å². The van der Waals surface area contributed by atoms with Gasteiger partial charge in [0, 0.05) is 31.2 Å². The van der Waals surface area contributed by atoms with Crippen molar-refractivity contribution < 1.29 is 4.79 Å². The Morgan fingerprint density at radius 1 is 1.41 bits per heavy atom. The smallest absolute Gasteiger partial charge is 0.229 e. The largest absolute Gasteiger partial charge is 0.334 e. The molecule has 0 aliphatic carbocycles. The summed E-state index contributed by atoms with van der Waals surface area (Å²) in [6, 6.07) is 5.91. The molecule has 1 amide bonds. The molecule has 0 saturated carbocycles. The van der Waals surface area contributed by atoms with Crippen molar-refractivity contribution in [1.82, 2.24) is 24.3 Å². The van der Waals surface area contributed by atoms with Gasteiger partial charge in [0.2, 0.25) is 5.91 Å². The maximum atomic E-state index is 12.6. The second kappa shape index (κ2) is 6.27. The predicted octanol–water partition coefficient (Wildman–Crippen LogP) is 0.966. The van der Waals surface area contributed by atoms with Crippen molar-refractivity contribution in [2.75, 3.05) is 27.2 Å². The normalized spacial score (nSPS) is 17.6. The second-order valence-corrected chi connectivity index (χ2v) is 5.98. The third kappa shape index (κ3) is 3.17. The molecule has 1 aliphatic heterocycles. The predicted molar refractivity (Wildman–Crippen MR) is 83.2 cm³/mol. The lowest BCUT2D eigenvalue weighted by Crippen LogP contribution is -2.44. The molecule has 0 spiro atoms. The molecule has 2 aromatic heterocycles. The van der Waals surface area contributed by atoms with Crippen molar-refractivity contribution >= 4 is 5.91 Å². The fourth-order valence-corrected chi connectivity index (χ4v) is 2.91. The number of carbonyl (C=O) groups is 1.